The average Bonchev–Trinajstić information content (AvgIpc) is 3.04. The number of carbonyl (C=O) groups excluding carboxylic acids is 1. The third-order valence-corrected chi connectivity index (χ3v) is 5.51. The molecule has 158 valence electrons. The van der Waals surface area contributed by atoms with E-state index in [1.54, 1.807) is 36.9 Å². The Kier molecular flexibility index (Phi) is 5.70. The zero-order valence-electron chi connectivity index (χ0n) is 16.4. The normalized spacial score (nSPS) is 20.4. The molecule has 1 aromatic carbocycles. The minimum Gasteiger partial charge on any atom is -0.494 e. The Hall–Kier alpha value is -2.43. The Bertz CT molecular complexity index is 870. The number of carbonyl (C=O) groups is 1. The second-order valence-electron chi connectivity index (χ2n) is 6.14. The van der Waals surface area contributed by atoms with Crippen molar-refractivity contribution >= 4 is 34.5 Å². The number of nitrogens with zero attached hydrogens (tertiary/aromatic N) is 4. The van der Waals surface area contributed by atoms with E-state index >= 15 is 0 Å². The van der Waals surface area contributed by atoms with Crippen LogP contribution in [0.2, 0.25) is 0 Å². The molecule has 0 radical (unpaired) electrons. The van der Waals surface area contributed by atoms with Crippen LogP contribution in [-0.2, 0) is 9.53 Å². The lowest BCUT2D eigenvalue weighted by molar-refractivity contribution is -0.201. The van der Waals surface area contributed by atoms with Crippen molar-refractivity contribution in [1.29, 1.82) is 0 Å². The fraction of sp³-hybridized carbons (Fsp3) is 0.500. The summed E-state index contributed by atoms with van der Waals surface area (Å²) in [6, 6.07) is 5.21. The average molecular weight is 430 g/mol. The Morgan fingerprint density at radius 1 is 1.24 bits per heavy atom. The largest absolute Gasteiger partial charge is 0.494 e. The van der Waals surface area contributed by atoms with Crippen molar-refractivity contribution < 1.29 is 27.4 Å². The maximum absolute atomic E-state index is 14.0. The highest BCUT2D eigenvalue weighted by atomic mass is 32.2. The molecule has 1 aromatic rings. The van der Waals surface area contributed by atoms with Crippen LogP contribution in [0.25, 0.3) is 0 Å². The van der Waals surface area contributed by atoms with Gasteiger partial charge in [-0.1, -0.05) is 0 Å². The van der Waals surface area contributed by atoms with Crippen molar-refractivity contribution in [3.8, 4) is 5.75 Å². The van der Waals surface area contributed by atoms with E-state index in [4.69, 9.17) is 4.74 Å². The number of guanidine groups is 1. The van der Waals surface area contributed by atoms with E-state index in [1.807, 2.05) is 6.92 Å². The van der Waals surface area contributed by atoms with Crippen LogP contribution in [0.15, 0.2) is 33.1 Å². The van der Waals surface area contributed by atoms with Crippen LogP contribution >= 0.6 is 11.8 Å². The minimum atomic E-state index is -5.07. The van der Waals surface area contributed by atoms with E-state index in [0.29, 0.717) is 36.0 Å². The maximum atomic E-state index is 14.0. The number of aliphatic imine (C=N–C) groups is 2. The molecule has 0 saturated carbocycles. The van der Waals surface area contributed by atoms with E-state index in [0.717, 1.165) is 18.9 Å². The molecule has 2 aliphatic rings. The number of halogens is 3. The number of alkyl halides is 3. The van der Waals surface area contributed by atoms with Crippen molar-refractivity contribution in [2.24, 2.45) is 9.98 Å². The van der Waals surface area contributed by atoms with Gasteiger partial charge in [-0.05, 0) is 50.7 Å². The standard InChI is InChI=1S/C18H21F3N4O3S/c1-5-24(6-2)15-22-17(14(26)27-4,18(19,20)21)23-16-25(15)12-9-8-11(28-7-3)10-13(12)29-16/h8-10H,5-7H2,1-4H3. The van der Waals surface area contributed by atoms with Gasteiger partial charge in [-0.15, -0.1) is 0 Å². The number of fused-ring (bicyclic) bond motifs is 3. The van der Waals surface area contributed by atoms with Gasteiger partial charge in [0.15, 0.2) is 5.17 Å². The molecular weight excluding hydrogens is 409 g/mol. The van der Waals surface area contributed by atoms with Crippen molar-refractivity contribution in [3.05, 3.63) is 18.2 Å². The molecule has 29 heavy (non-hydrogen) atoms. The molecule has 0 saturated heterocycles. The van der Waals surface area contributed by atoms with Crippen molar-refractivity contribution in [2.45, 2.75) is 37.5 Å². The van der Waals surface area contributed by atoms with Gasteiger partial charge in [0, 0.05) is 18.0 Å². The van der Waals surface area contributed by atoms with Crippen LogP contribution in [-0.4, -0.2) is 60.6 Å². The summed E-state index contributed by atoms with van der Waals surface area (Å²) >= 11 is 1.03. The summed E-state index contributed by atoms with van der Waals surface area (Å²) in [5.41, 5.74) is -2.72. The Balaban J connectivity index is 2.21. The lowest BCUT2D eigenvalue weighted by Gasteiger charge is -2.37. The van der Waals surface area contributed by atoms with Crippen molar-refractivity contribution in [1.82, 2.24) is 4.90 Å². The Morgan fingerprint density at radius 2 is 1.93 bits per heavy atom. The number of methoxy groups -OCH3 is 1. The van der Waals surface area contributed by atoms with Crippen molar-refractivity contribution in [3.63, 3.8) is 0 Å². The van der Waals surface area contributed by atoms with Gasteiger partial charge in [0.25, 0.3) is 0 Å². The number of hydrogen-bond acceptors (Lipinski definition) is 8. The SMILES string of the molecule is CCOc1ccc2c(c1)SC1=NC(C(=O)OC)(C(F)(F)F)N=C(N(CC)CC)N12. The summed E-state index contributed by atoms with van der Waals surface area (Å²) in [5, 5.41) is 0.00766. The van der Waals surface area contributed by atoms with Crippen LogP contribution in [0, 0.1) is 0 Å². The minimum absolute atomic E-state index is 0.00173. The van der Waals surface area contributed by atoms with E-state index in [1.165, 1.54) is 4.90 Å². The zero-order valence-corrected chi connectivity index (χ0v) is 17.2. The predicted molar refractivity (Wildman–Crippen MR) is 105 cm³/mol. The number of rotatable bonds is 5. The topological polar surface area (TPSA) is 66.7 Å². The fourth-order valence-corrected chi connectivity index (χ4v) is 4.17. The first-order valence-electron chi connectivity index (χ1n) is 9.07. The van der Waals surface area contributed by atoms with Gasteiger partial charge < -0.3 is 14.4 Å². The third kappa shape index (κ3) is 3.41. The molecule has 1 atom stereocenters. The molecular formula is C18H21F3N4O3S. The summed E-state index contributed by atoms with van der Waals surface area (Å²) in [7, 11) is 0.889. The van der Waals surface area contributed by atoms with Gasteiger partial charge >= 0.3 is 17.8 Å². The van der Waals surface area contributed by atoms with Crippen LogP contribution in [0.4, 0.5) is 18.9 Å². The highest BCUT2D eigenvalue weighted by molar-refractivity contribution is 8.15. The summed E-state index contributed by atoms with van der Waals surface area (Å²) < 4.78 is 52.1. The number of thioether (sulfide) groups is 1. The first kappa shape index (κ1) is 21.3. The zero-order chi connectivity index (χ0) is 21.4. The quantitative estimate of drug-likeness (QED) is 0.667. The molecule has 2 aliphatic heterocycles. The summed E-state index contributed by atoms with van der Waals surface area (Å²) in [4.78, 5) is 23.7. The molecule has 0 fully saturated rings. The fourth-order valence-electron chi connectivity index (χ4n) is 3.08. The molecule has 0 bridgehead atoms. The molecule has 0 amide bonds. The van der Waals surface area contributed by atoms with E-state index < -0.39 is 17.8 Å². The van der Waals surface area contributed by atoms with Crippen LogP contribution < -0.4 is 9.64 Å². The highest BCUT2D eigenvalue weighted by Gasteiger charge is 2.65. The summed E-state index contributed by atoms with van der Waals surface area (Å²) in [6.45, 7) is 6.68. The van der Waals surface area contributed by atoms with Gasteiger partial charge in [-0.25, -0.2) is 14.8 Å². The van der Waals surface area contributed by atoms with E-state index in [-0.39, 0.29) is 11.1 Å². The first-order valence-corrected chi connectivity index (χ1v) is 9.88. The number of amidine groups is 1. The highest BCUT2D eigenvalue weighted by Crippen LogP contribution is 2.48. The van der Waals surface area contributed by atoms with Crippen LogP contribution in [0.3, 0.4) is 0 Å². The second-order valence-corrected chi connectivity index (χ2v) is 7.15. The van der Waals surface area contributed by atoms with Gasteiger partial charge in [0.1, 0.15) is 5.75 Å². The van der Waals surface area contributed by atoms with Gasteiger partial charge in [-0.3, -0.25) is 4.90 Å². The maximum Gasteiger partial charge on any atom is 0.446 e. The molecule has 11 heteroatoms. The van der Waals surface area contributed by atoms with Crippen LogP contribution in [0.1, 0.15) is 20.8 Å². The van der Waals surface area contributed by atoms with Gasteiger partial charge in [0.05, 0.1) is 19.4 Å². The van der Waals surface area contributed by atoms with E-state index in [9.17, 15) is 18.0 Å². The lowest BCUT2D eigenvalue weighted by atomic mass is 10.1. The molecule has 3 rings (SSSR count). The smallest absolute Gasteiger partial charge is 0.446 e. The molecule has 0 N–H and O–H groups in total. The number of hydrogen-bond donors (Lipinski definition) is 0. The summed E-state index contributed by atoms with van der Waals surface area (Å²) in [5.74, 6) is -0.984. The molecule has 0 spiro atoms. The number of anilines is 1. The van der Waals surface area contributed by atoms with E-state index in [2.05, 4.69) is 14.7 Å². The number of esters is 1. The molecule has 7 nitrogen and oxygen atoms in total. The first-order chi connectivity index (χ1) is 13.7. The van der Waals surface area contributed by atoms with Crippen LogP contribution in [0.5, 0.6) is 5.75 Å². The Labute approximate surface area is 170 Å². The summed E-state index contributed by atoms with van der Waals surface area (Å²) in [6.07, 6.45) is -5.07. The van der Waals surface area contributed by atoms with Crippen molar-refractivity contribution in [2.75, 3.05) is 31.7 Å². The molecule has 0 aromatic heterocycles. The van der Waals surface area contributed by atoms with Gasteiger partial charge in [0.2, 0.25) is 5.96 Å². The molecule has 1 unspecified atom stereocenters. The lowest BCUT2D eigenvalue weighted by Crippen LogP contribution is -2.58. The predicted octanol–water partition coefficient (Wildman–Crippen LogP) is 3.50. The third-order valence-electron chi connectivity index (χ3n) is 4.51. The second kappa shape index (κ2) is 7.77. The molecule has 2 heterocycles. The molecule has 0 aliphatic carbocycles. The monoisotopic (exact) mass is 430 g/mol. The van der Waals surface area contributed by atoms with Gasteiger partial charge in [-0.2, -0.15) is 13.2 Å². The number of ether oxygens (including phenoxy) is 2. The number of benzene rings is 1. The Morgan fingerprint density at radius 3 is 2.48 bits per heavy atom.